The monoisotopic (exact) mass is 303 g/mol. The van der Waals surface area contributed by atoms with Crippen LogP contribution in [0.4, 0.5) is 5.82 Å². The second-order valence-corrected chi connectivity index (χ2v) is 7.55. The highest BCUT2D eigenvalue weighted by Crippen LogP contribution is 2.40. The van der Waals surface area contributed by atoms with E-state index in [2.05, 4.69) is 21.8 Å². The molecule has 21 heavy (non-hydrogen) atoms. The molecule has 1 saturated heterocycles. The summed E-state index contributed by atoms with van der Waals surface area (Å²) in [4.78, 5) is 14.0. The second kappa shape index (κ2) is 5.21. The van der Waals surface area contributed by atoms with Gasteiger partial charge in [0.15, 0.2) is 0 Å². The number of thiophene rings is 1. The first-order valence-electron chi connectivity index (χ1n) is 7.90. The summed E-state index contributed by atoms with van der Waals surface area (Å²) in [5, 5.41) is 11.2. The molecular formula is C16H21N3OS. The molecule has 0 bridgehead atoms. The van der Waals surface area contributed by atoms with E-state index in [4.69, 9.17) is 0 Å². The predicted octanol–water partition coefficient (Wildman–Crippen LogP) is 2.78. The molecule has 3 heterocycles. The van der Waals surface area contributed by atoms with Crippen LogP contribution in [0.2, 0.25) is 0 Å². The third-order valence-electron chi connectivity index (χ3n) is 4.77. The van der Waals surface area contributed by atoms with E-state index in [1.165, 1.54) is 28.7 Å². The van der Waals surface area contributed by atoms with E-state index in [1.807, 2.05) is 11.3 Å². The van der Waals surface area contributed by atoms with Crippen LogP contribution in [0.1, 0.15) is 36.6 Å². The van der Waals surface area contributed by atoms with Crippen LogP contribution in [0.15, 0.2) is 6.33 Å². The van der Waals surface area contributed by atoms with Crippen molar-refractivity contribution in [3.05, 3.63) is 16.8 Å². The molecule has 2 aliphatic rings. The summed E-state index contributed by atoms with van der Waals surface area (Å²) in [5.41, 5.74) is 1.48. The predicted molar refractivity (Wildman–Crippen MR) is 86.1 cm³/mol. The van der Waals surface area contributed by atoms with Crippen LogP contribution in [-0.2, 0) is 12.8 Å². The highest BCUT2D eigenvalue weighted by molar-refractivity contribution is 7.19. The van der Waals surface area contributed by atoms with Crippen molar-refractivity contribution in [2.75, 3.05) is 18.0 Å². The van der Waals surface area contributed by atoms with Gasteiger partial charge in [0, 0.05) is 18.0 Å². The number of hydrogen-bond acceptors (Lipinski definition) is 5. The summed E-state index contributed by atoms with van der Waals surface area (Å²) in [6.45, 7) is 4.03. The number of aliphatic hydroxyl groups is 1. The van der Waals surface area contributed by atoms with Crippen molar-refractivity contribution in [3.8, 4) is 0 Å². The fourth-order valence-corrected chi connectivity index (χ4v) is 4.99. The van der Waals surface area contributed by atoms with Crippen molar-refractivity contribution in [2.45, 2.75) is 45.1 Å². The van der Waals surface area contributed by atoms with E-state index in [-0.39, 0.29) is 6.10 Å². The molecule has 4 rings (SSSR count). The van der Waals surface area contributed by atoms with Gasteiger partial charge in [0.05, 0.1) is 11.5 Å². The molecule has 0 aromatic carbocycles. The lowest BCUT2D eigenvalue weighted by molar-refractivity contribution is 0.154. The van der Waals surface area contributed by atoms with Gasteiger partial charge in [-0.3, -0.25) is 0 Å². The zero-order valence-corrected chi connectivity index (χ0v) is 13.2. The highest BCUT2D eigenvalue weighted by atomic mass is 32.1. The number of nitrogens with zero attached hydrogens (tertiary/aromatic N) is 3. The Bertz CT molecular complexity index is 669. The van der Waals surface area contributed by atoms with Gasteiger partial charge in [-0.25, -0.2) is 9.97 Å². The third-order valence-corrected chi connectivity index (χ3v) is 5.93. The van der Waals surface area contributed by atoms with Gasteiger partial charge < -0.3 is 10.0 Å². The Hall–Kier alpha value is -1.20. The van der Waals surface area contributed by atoms with Crippen LogP contribution < -0.4 is 4.90 Å². The molecular weight excluding hydrogens is 282 g/mol. The Morgan fingerprint density at radius 1 is 1.33 bits per heavy atom. The Labute approximate surface area is 128 Å². The quantitative estimate of drug-likeness (QED) is 0.880. The molecule has 1 N–H and O–H groups in total. The number of aliphatic hydroxyl groups excluding tert-OH is 1. The number of piperidine rings is 1. The lowest BCUT2D eigenvalue weighted by Crippen LogP contribution is -2.38. The van der Waals surface area contributed by atoms with Crippen molar-refractivity contribution in [1.82, 2.24) is 9.97 Å². The minimum Gasteiger partial charge on any atom is -0.391 e. The first-order chi connectivity index (χ1) is 10.2. The fourth-order valence-electron chi connectivity index (χ4n) is 3.65. The van der Waals surface area contributed by atoms with E-state index in [1.54, 1.807) is 6.33 Å². The molecule has 0 spiro atoms. The highest BCUT2D eigenvalue weighted by Gasteiger charge is 2.26. The molecule has 1 aliphatic carbocycles. The van der Waals surface area contributed by atoms with E-state index >= 15 is 0 Å². The van der Waals surface area contributed by atoms with Crippen LogP contribution in [-0.4, -0.2) is 34.3 Å². The molecule has 5 heteroatoms. The minimum absolute atomic E-state index is 0.224. The molecule has 2 aromatic heterocycles. The first kappa shape index (κ1) is 13.5. The van der Waals surface area contributed by atoms with Gasteiger partial charge in [0.1, 0.15) is 17.0 Å². The van der Waals surface area contributed by atoms with Crippen molar-refractivity contribution in [3.63, 3.8) is 0 Å². The van der Waals surface area contributed by atoms with Gasteiger partial charge in [0.2, 0.25) is 0 Å². The Morgan fingerprint density at radius 2 is 2.24 bits per heavy atom. The number of rotatable bonds is 1. The van der Waals surface area contributed by atoms with Crippen molar-refractivity contribution >= 4 is 27.4 Å². The fraction of sp³-hybridized carbons (Fsp3) is 0.625. The van der Waals surface area contributed by atoms with E-state index in [0.29, 0.717) is 6.54 Å². The second-order valence-electron chi connectivity index (χ2n) is 6.47. The van der Waals surface area contributed by atoms with Gasteiger partial charge in [-0.2, -0.15) is 0 Å². The van der Waals surface area contributed by atoms with Crippen molar-refractivity contribution in [2.24, 2.45) is 5.92 Å². The number of β-amino-alcohol motifs (C(OH)–C–C–N with tert-alkyl or cyclic N) is 1. The van der Waals surface area contributed by atoms with Gasteiger partial charge >= 0.3 is 0 Å². The molecule has 112 valence electrons. The number of anilines is 1. The van der Waals surface area contributed by atoms with Crippen LogP contribution in [0, 0.1) is 5.92 Å². The van der Waals surface area contributed by atoms with Crippen molar-refractivity contribution in [1.29, 1.82) is 0 Å². The van der Waals surface area contributed by atoms with Crippen LogP contribution in [0.3, 0.4) is 0 Å². The van der Waals surface area contributed by atoms with Gasteiger partial charge in [0.25, 0.3) is 0 Å². The van der Waals surface area contributed by atoms with Crippen molar-refractivity contribution < 1.29 is 5.11 Å². The maximum absolute atomic E-state index is 9.95. The third kappa shape index (κ3) is 2.32. The number of aromatic nitrogens is 2. The largest absolute Gasteiger partial charge is 0.391 e. The standard InChI is InChI=1S/C16H21N3OS/c1-10-4-5-12-13(7-10)21-16-14(12)15(17-9-18-16)19-6-2-3-11(20)8-19/h9-11,20H,2-8H2,1H3/t10-,11-/m0/s1. The molecule has 2 atom stereocenters. The molecule has 2 aromatic rings. The first-order valence-corrected chi connectivity index (χ1v) is 8.72. The number of hydrogen-bond donors (Lipinski definition) is 1. The van der Waals surface area contributed by atoms with Crippen LogP contribution >= 0.6 is 11.3 Å². The molecule has 1 fully saturated rings. The topological polar surface area (TPSA) is 49.2 Å². The molecule has 4 nitrogen and oxygen atoms in total. The maximum atomic E-state index is 9.95. The Kier molecular flexibility index (Phi) is 3.34. The molecule has 0 saturated carbocycles. The summed E-state index contributed by atoms with van der Waals surface area (Å²) in [6.07, 6.45) is 6.99. The summed E-state index contributed by atoms with van der Waals surface area (Å²) < 4.78 is 0. The Morgan fingerprint density at radius 3 is 3.10 bits per heavy atom. The van der Waals surface area contributed by atoms with E-state index in [9.17, 15) is 5.11 Å². The minimum atomic E-state index is -0.224. The van der Waals surface area contributed by atoms with Crippen LogP contribution in [0.25, 0.3) is 10.2 Å². The maximum Gasteiger partial charge on any atom is 0.141 e. The van der Waals surface area contributed by atoms with Crippen LogP contribution in [0.5, 0.6) is 0 Å². The lowest BCUT2D eigenvalue weighted by atomic mass is 9.89. The zero-order valence-electron chi connectivity index (χ0n) is 12.4. The number of fused-ring (bicyclic) bond motifs is 3. The van der Waals surface area contributed by atoms with E-state index in [0.717, 1.165) is 42.4 Å². The molecule has 0 unspecified atom stereocenters. The molecule has 1 aliphatic heterocycles. The lowest BCUT2D eigenvalue weighted by Gasteiger charge is -2.31. The average Bonchev–Trinajstić information content (AvgIpc) is 2.84. The van der Waals surface area contributed by atoms with Gasteiger partial charge in [-0.1, -0.05) is 6.92 Å². The molecule has 0 radical (unpaired) electrons. The summed E-state index contributed by atoms with van der Waals surface area (Å²) in [5.74, 6) is 1.82. The molecule has 0 amide bonds. The summed E-state index contributed by atoms with van der Waals surface area (Å²) in [7, 11) is 0. The van der Waals surface area contributed by atoms with Gasteiger partial charge in [-0.15, -0.1) is 11.3 Å². The van der Waals surface area contributed by atoms with Gasteiger partial charge in [-0.05, 0) is 43.6 Å². The number of aryl methyl sites for hydroxylation is 1. The normalized spacial score (nSPS) is 26.1. The summed E-state index contributed by atoms with van der Waals surface area (Å²) >= 11 is 1.84. The van der Waals surface area contributed by atoms with E-state index < -0.39 is 0 Å². The Balaban J connectivity index is 1.82. The summed E-state index contributed by atoms with van der Waals surface area (Å²) in [6, 6.07) is 0. The SMILES string of the molecule is C[C@H]1CCc2c(sc3ncnc(N4CCC[C@H](O)C4)c23)C1. The smallest absolute Gasteiger partial charge is 0.141 e. The average molecular weight is 303 g/mol. The zero-order chi connectivity index (χ0) is 14.4.